The monoisotopic (exact) mass is 330 g/mol. The maximum atomic E-state index is 11.1. The Kier molecular flexibility index (Phi) is 6.64. The van der Waals surface area contributed by atoms with E-state index in [1.165, 1.54) is 25.7 Å². The van der Waals surface area contributed by atoms with Gasteiger partial charge in [-0.15, -0.1) is 0 Å². The Labute approximate surface area is 145 Å². The number of rotatable bonds is 5. The number of carbonyl (C=O) groups excluding carboxylic acids is 1. The van der Waals surface area contributed by atoms with Crippen LogP contribution in [0.2, 0.25) is 0 Å². The largest absolute Gasteiger partial charge is 0.366 e. The van der Waals surface area contributed by atoms with E-state index in [9.17, 15) is 4.79 Å². The highest BCUT2D eigenvalue weighted by Crippen LogP contribution is 2.29. The minimum atomic E-state index is -0.399. The van der Waals surface area contributed by atoms with E-state index in [1.807, 2.05) is 12.1 Å². The Balaban J connectivity index is 1.79. The molecule has 0 aromatic heterocycles. The molecule has 1 aromatic rings. The molecule has 2 rings (SSSR count). The number of nitrogens with two attached hydrogens (primary N) is 1. The van der Waals surface area contributed by atoms with E-state index < -0.39 is 5.91 Å². The molecule has 1 fully saturated rings. The Morgan fingerprint density at radius 1 is 1.21 bits per heavy atom. The van der Waals surface area contributed by atoms with Crippen LogP contribution in [0.5, 0.6) is 0 Å². The molecular weight excluding hydrogens is 300 g/mol. The van der Waals surface area contributed by atoms with Crippen molar-refractivity contribution in [2.45, 2.75) is 52.1 Å². The first kappa shape index (κ1) is 18.3. The molecule has 5 heteroatoms. The van der Waals surface area contributed by atoms with Crippen molar-refractivity contribution in [1.29, 1.82) is 0 Å². The first-order valence-electron chi connectivity index (χ1n) is 8.85. The lowest BCUT2D eigenvalue weighted by Crippen LogP contribution is -2.44. The number of primary amides is 1. The van der Waals surface area contributed by atoms with Crippen molar-refractivity contribution in [3.05, 3.63) is 35.4 Å². The van der Waals surface area contributed by atoms with Gasteiger partial charge in [0.25, 0.3) is 0 Å². The Morgan fingerprint density at radius 2 is 1.83 bits per heavy atom. The van der Waals surface area contributed by atoms with Gasteiger partial charge >= 0.3 is 0 Å². The van der Waals surface area contributed by atoms with Crippen molar-refractivity contribution < 1.29 is 4.79 Å². The third-order valence-electron chi connectivity index (χ3n) is 4.98. The highest BCUT2D eigenvalue weighted by molar-refractivity contribution is 5.92. The molecule has 0 bridgehead atoms. The average molecular weight is 330 g/mol. The molecule has 0 saturated heterocycles. The standard InChI is InChI=1S/C19H30N4O/c1-13(2)15-8-10-17(11-9-15)23-19(21-3)22-12-14-4-6-16(7-5-14)18(20)24/h4-7,13,15,17H,8-12H2,1-3H3,(H2,20,24)(H2,21,22,23). The molecule has 0 spiro atoms. The third-order valence-corrected chi connectivity index (χ3v) is 4.98. The van der Waals surface area contributed by atoms with Crippen molar-refractivity contribution in [3.8, 4) is 0 Å². The van der Waals surface area contributed by atoms with Crippen LogP contribution in [0.25, 0.3) is 0 Å². The zero-order valence-corrected chi connectivity index (χ0v) is 15.0. The summed E-state index contributed by atoms with van der Waals surface area (Å²) in [6.45, 7) is 5.31. The molecule has 4 N–H and O–H groups in total. The summed E-state index contributed by atoms with van der Waals surface area (Å²) in [5.74, 6) is 2.08. The molecule has 1 amide bonds. The van der Waals surface area contributed by atoms with E-state index in [1.54, 1.807) is 19.2 Å². The molecule has 1 aliphatic rings. The fourth-order valence-electron chi connectivity index (χ4n) is 3.29. The number of carbonyl (C=O) groups is 1. The fourth-order valence-corrected chi connectivity index (χ4v) is 3.29. The van der Waals surface area contributed by atoms with E-state index in [2.05, 4.69) is 29.5 Å². The van der Waals surface area contributed by atoms with E-state index in [-0.39, 0.29) is 0 Å². The molecule has 0 atom stereocenters. The molecule has 0 radical (unpaired) electrons. The molecule has 1 aliphatic carbocycles. The average Bonchev–Trinajstić information content (AvgIpc) is 2.59. The topological polar surface area (TPSA) is 79.5 Å². The SMILES string of the molecule is CN=C(NCc1ccc(C(N)=O)cc1)NC1CCC(C(C)C)CC1. The minimum Gasteiger partial charge on any atom is -0.366 e. The predicted molar refractivity (Wildman–Crippen MR) is 98.9 cm³/mol. The van der Waals surface area contributed by atoms with Crippen LogP contribution in [0, 0.1) is 11.8 Å². The van der Waals surface area contributed by atoms with Gasteiger partial charge in [0.15, 0.2) is 5.96 Å². The predicted octanol–water partition coefficient (Wildman–Crippen LogP) is 2.67. The summed E-state index contributed by atoms with van der Waals surface area (Å²) in [5, 5.41) is 6.87. The molecule has 0 heterocycles. The number of nitrogens with one attached hydrogen (secondary N) is 2. The summed E-state index contributed by atoms with van der Waals surface area (Å²) in [5.41, 5.74) is 6.88. The lowest BCUT2D eigenvalue weighted by atomic mass is 9.80. The van der Waals surface area contributed by atoms with Gasteiger partial charge in [-0.1, -0.05) is 26.0 Å². The number of guanidine groups is 1. The summed E-state index contributed by atoms with van der Waals surface area (Å²) < 4.78 is 0. The number of hydrogen-bond acceptors (Lipinski definition) is 2. The molecule has 0 aliphatic heterocycles. The van der Waals surface area contributed by atoms with Gasteiger partial charge in [-0.25, -0.2) is 0 Å². The lowest BCUT2D eigenvalue weighted by molar-refractivity contribution is 0.100. The van der Waals surface area contributed by atoms with Gasteiger partial charge in [0, 0.05) is 25.2 Å². The van der Waals surface area contributed by atoms with Gasteiger partial charge < -0.3 is 16.4 Å². The molecule has 0 unspecified atom stereocenters. The zero-order chi connectivity index (χ0) is 17.5. The number of nitrogens with zero attached hydrogens (tertiary/aromatic N) is 1. The van der Waals surface area contributed by atoms with Gasteiger partial charge in [0.2, 0.25) is 5.91 Å². The van der Waals surface area contributed by atoms with E-state index in [4.69, 9.17) is 5.73 Å². The summed E-state index contributed by atoms with van der Waals surface area (Å²) >= 11 is 0. The second-order valence-electron chi connectivity index (χ2n) is 6.99. The van der Waals surface area contributed by atoms with E-state index in [0.29, 0.717) is 18.2 Å². The first-order valence-corrected chi connectivity index (χ1v) is 8.85. The van der Waals surface area contributed by atoms with Gasteiger partial charge in [-0.05, 0) is 55.2 Å². The van der Waals surface area contributed by atoms with Crippen LogP contribution < -0.4 is 16.4 Å². The highest BCUT2D eigenvalue weighted by atomic mass is 16.1. The Bertz CT molecular complexity index is 557. The van der Waals surface area contributed by atoms with Crippen molar-refractivity contribution in [2.75, 3.05) is 7.05 Å². The van der Waals surface area contributed by atoms with Crippen molar-refractivity contribution in [3.63, 3.8) is 0 Å². The minimum absolute atomic E-state index is 0.399. The van der Waals surface area contributed by atoms with Gasteiger partial charge in [-0.3, -0.25) is 9.79 Å². The molecule has 5 nitrogen and oxygen atoms in total. The smallest absolute Gasteiger partial charge is 0.248 e. The normalized spacial score (nSPS) is 21.6. The van der Waals surface area contributed by atoms with Gasteiger partial charge in [0.05, 0.1) is 0 Å². The lowest BCUT2D eigenvalue weighted by Gasteiger charge is -2.32. The third kappa shape index (κ3) is 5.25. The second kappa shape index (κ2) is 8.71. The van der Waals surface area contributed by atoms with Crippen LogP contribution in [0.1, 0.15) is 55.5 Å². The highest BCUT2D eigenvalue weighted by Gasteiger charge is 2.23. The number of amides is 1. The van der Waals surface area contributed by atoms with Crippen LogP contribution in [-0.4, -0.2) is 25.0 Å². The summed E-state index contributed by atoms with van der Waals surface area (Å²) in [6, 6.07) is 7.83. The maximum absolute atomic E-state index is 11.1. The van der Waals surface area contributed by atoms with Crippen molar-refractivity contribution in [1.82, 2.24) is 10.6 Å². The van der Waals surface area contributed by atoms with Gasteiger partial charge in [0.1, 0.15) is 0 Å². The van der Waals surface area contributed by atoms with Crippen LogP contribution in [0.3, 0.4) is 0 Å². The summed E-state index contributed by atoms with van der Waals surface area (Å²) in [6.07, 6.45) is 5.00. The Morgan fingerprint density at radius 3 is 2.33 bits per heavy atom. The van der Waals surface area contributed by atoms with Crippen LogP contribution in [0.4, 0.5) is 0 Å². The number of aliphatic imine (C=N–C) groups is 1. The van der Waals surface area contributed by atoms with E-state index in [0.717, 1.165) is 23.4 Å². The van der Waals surface area contributed by atoms with Crippen LogP contribution in [0.15, 0.2) is 29.3 Å². The Hall–Kier alpha value is -2.04. The van der Waals surface area contributed by atoms with Gasteiger partial charge in [-0.2, -0.15) is 0 Å². The maximum Gasteiger partial charge on any atom is 0.248 e. The molecular formula is C19H30N4O. The number of hydrogen-bond donors (Lipinski definition) is 3. The summed E-state index contributed by atoms with van der Waals surface area (Å²) in [4.78, 5) is 15.4. The van der Waals surface area contributed by atoms with Crippen LogP contribution in [-0.2, 0) is 6.54 Å². The zero-order valence-electron chi connectivity index (χ0n) is 15.0. The van der Waals surface area contributed by atoms with Crippen LogP contribution >= 0.6 is 0 Å². The van der Waals surface area contributed by atoms with Crippen molar-refractivity contribution >= 4 is 11.9 Å². The second-order valence-corrected chi connectivity index (χ2v) is 6.99. The first-order chi connectivity index (χ1) is 11.5. The van der Waals surface area contributed by atoms with Crippen molar-refractivity contribution in [2.24, 2.45) is 22.6 Å². The summed E-state index contributed by atoms with van der Waals surface area (Å²) in [7, 11) is 1.80. The number of benzene rings is 1. The molecule has 132 valence electrons. The quantitative estimate of drug-likeness (QED) is 0.573. The fraction of sp³-hybridized carbons (Fsp3) is 0.579. The molecule has 1 saturated carbocycles. The molecule has 1 aromatic carbocycles. The molecule has 24 heavy (non-hydrogen) atoms. The van der Waals surface area contributed by atoms with E-state index >= 15 is 0 Å².